The van der Waals surface area contributed by atoms with E-state index in [2.05, 4.69) is 17.5 Å². The number of dihydropyridines is 1. The van der Waals surface area contributed by atoms with E-state index < -0.39 is 53.1 Å². The van der Waals surface area contributed by atoms with Crippen molar-refractivity contribution < 1.29 is 27.1 Å². The molecule has 0 bridgehead atoms. The lowest BCUT2D eigenvalue weighted by Crippen LogP contribution is -2.56. The summed E-state index contributed by atoms with van der Waals surface area (Å²) in [4.78, 5) is 22.6. The second kappa shape index (κ2) is 13.2. The van der Waals surface area contributed by atoms with E-state index in [1.54, 1.807) is 35.2 Å². The number of rotatable bonds is 6. The van der Waals surface area contributed by atoms with Crippen LogP contribution in [0.2, 0.25) is 5.02 Å². The first-order chi connectivity index (χ1) is 24.0. The third-order valence-electron chi connectivity index (χ3n) is 10.6. The summed E-state index contributed by atoms with van der Waals surface area (Å²) in [7, 11) is 0. The summed E-state index contributed by atoms with van der Waals surface area (Å²) in [5.74, 6) is -4.13. The fourth-order valence-electron chi connectivity index (χ4n) is 8.30. The average molecular weight is 705 g/mol. The molecule has 8 nitrogen and oxygen atoms in total. The van der Waals surface area contributed by atoms with E-state index in [0.29, 0.717) is 35.0 Å². The molecule has 0 saturated carbocycles. The number of aliphatic imine (C=N–C) groups is 1. The van der Waals surface area contributed by atoms with E-state index in [1.807, 2.05) is 6.07 Å². The third-order valence-corrected chi connectivity index (χ3v) is 10.9. The summed E-state index contributed by atoms with van der Waals surface area (Å²) in [5, 5.41) is 21.0. The Morgan fingerprint density at radius 1 is 1.14 bits per heavy atom. The van der Waals surface area contributed by atoms with Gasteiger partial charge in [0, 0.05) is 55.2 Å². The van der Waals surface area contributed by atoms with Gasteiger partial charge >= 0.3 is 0 Å². The Bertz CT molecular complexity index is 2000. The van der Waals surface area contributed by atoms with Crippen LogP contribution in [0, 0.1) is 34.4 Å². The fourth-order valence-corrected chi connectivity index (χ4v) is 8.57. The van der Waals surface area contributed by atoms with Crippen LogP contribution in [-0.2, 0) is 9.53 Å². The fraction of sp³-hybridized carbons (Fsp3) is 0.405. The van der Waals surface area contributed by atoms with Crippen molar-refractivity contribution in [2.24, 2.45) is 10.9 Å². The molecule has 0 radical (unpaired) electrons. The minimum atomic E-state index is -1.15. The minimum absolute atomic E-state index is 0.0182. The Morgan fingerprint density at radius 2 is 1.96 bits per heavy atom. The zero-order valence-corrected chi connectivity index (χ0v) is 27.8. The van der Waals surface area contributed by atoms with Crippen LogP contribution in [0.3, 0.4) is 0 Å². The van der Waals surface area contributed by atoms with Crippen LogP contribution < -0.4 is 0 Å². The maximum atomic E-state index is 16.4. The number of hydrogen-bond donors (Lipinski definition) is 0. The van der Waals surface area contributed by atoms with Gasteiger partial charge in [0.2, 0.25) is 5.90 Å². The number of nitrogens with zero attached hydrogens (tertiary/aromatic N) is 6. The molecule has 1 amide bonds. The minimum Gasteiger partial charge on any atom is -0.475 e. The van der Waals surface area contributed by atoms with Gasteiger partial charge in [0.15, 0.2) is 5.83 Å². The van der Waals surface area contributed by atoms with Gasteiger partial charge in [0.1, 0.15) is 36.1 Å². The zero-order chi connectivity index (χ0) is 35.3. The summed E-state index contributed by atoms with van der Waals surface area (Å²) in [6.45, 7) is 4.48. The average Bonchev–Trinajstić information content (AvgIpc) is 3.63. The molecule has 4 aliphatic heterocycles. The largest absolute Gasteiger partial charge is 0.475 e. The van der Waals surface area contributed by atoms with Gasteiger partial charge in [0.25, 0.3) is 5.91 Å². The van der Waals surface area contributed by atoms with E-state index in [1.165, 1.54) is 17.0 Å². The van der Waals surface area contributed by atoms with Gasteiger partial charge in [-0.05, 0) is 48.6 Å². The van der Waals surface area contributed by atoms with Crippen molar-refractivity contribution in [2.75, 3.05) is 39.3 Å². The van der Waals surface area contributed by atoms with Crippen molar-refractivity contribution in [3.63, 3.8) is 0 Å². The van der Waals surface area contributed by atoms with Crippen LogP contribution in [-0.4, -0.2) is 89.6 Å². The Hall–Kier alpha value is -4.65. The molecule has 0 aromatic heterocycles. The number of fused-ring (bicyclic) bond motifs is 3. The third kappa shape index (κ3) is 5.74. The number of halogens is 5. The van der Waals surface area contributed by atoms with Gasteiger partial charge < -0.3 is 14.5 Å². The van der Waals surface area contributed by atoms with Crippen LogP contribution in [0.5, 0.6) is 0 Å². The smallest absolute Gasteiger partial charge is 0.282 e. The lowest BCUT2D eigenvalue weighted by Gasteiger charge is -2.45. The van der Waals surface area contributed by atoms with Crippen LogP contribution in [0.4, 0.5) is 17.6 Å². The summed E-state index contributed by atoms with van der Waals surface area (Å²) in [6.07, 6.45) is 3.77. The SMILES string of the molecule is C=C(F)C(=O)N1CCN(C2=C(C#N)C(OC[C@@]34CCCN3C[C@H](F)C4)=NC3C=C(c4cccc5ccc(F)c(Cl)c45)C(F)=CC23)C[C@@H]1CC#N. The van der Waals surface area contributed by atoms with Gasteiger partial charge in [-0.3, -0.25) is 9.69 Å². The molecule has 5 aliphatic rings. The molecule has 2 aromatic rings. The maximum absolute atomic E-state index is 16.4. The normalized spacial score (nSPS) is 27.9. The second-order valence-corrected chi connectivity index (χ2v) is 13.8. The molecule has 1 aliphatic carbocycles. The number of amides is 1. The molecule has 4 heterocycles. The first kappa shape index (κ1) is 33.8. The van der Waals surface area contributed by atoms with Crippen molar-refractivity contribution in [1.29, 1.82) is 10.5 Å². The van der Waals surface area contributed by atoms with Gasteiger partial charge in [0.05, 0.1) is 35.1 Å². The molecule has 5 atom stereocenters. The molecule has 0 spiro atoms. The Labute approximate surface area is 291 Å². The van der Waals surface area contributed by atoms with E-state index >= 15 is 4.39 Å². The summed E-state index contributed by atoms with van der Waals surface area (Å²) < 4.78 is 66.0. The number of alkyl halides is 1. The van der Waals surface area contributed by atoms with Gasteiger partial charge in [-0.15, -0.1) is 0 Å². The number of allylic oxidation sites excluding steroid dienone is 2. The standard InChI is InChI=1S/C37H33ClF4N6O2/c1-21(39)36(49)48-13-12-46(19-24(48)8-10-43)34-27-14-30(42)26(25-5-2-4-22-6-7-29(41)33(38)32(22)25)15-31(27)45-35(28(34)17-44)50-20-37-9-3-11-47(37)18-23(40)16-37/h2,4-7,14-15,23-24,27,31H,1,3,8-9,11-13,16,18-20H2/t23-,24+,27?,31?,37+/m1/s1. The van der Waals surface area contributed by atoms with Gasteiger partial charge in [-0.25, -0.2) is 22.6 Å². The zero-order valence-electron chi connectivity index (χ0n) is 27.0. The second-order valence-electron chi connectivity index (χ2n) is 13.4. The van der Waals surface area contributed by atoms with Crippen LogP contribution in [0.25, 0.3) is 16.3 Å². The van der Waals surface area contributed by atoms with E-state index in [9.17, 15) is 28.5 Å². The monoisotopic (exact) mass is 704 g/mol. The highest BCUT2D eigenvalue weighted by Gasteiger charge is 2.50. The topological polar surface area (TPSA) is 96.0 Å². The quantitative estimate of drug-likeness (QED) is 0.250. The highest BCUT2D eigenvalue weighted by molar-refractivity contribution is 6.36. The lowest BCUT2D eigenvalue weighted by atomic mass is 9.81. The van der Waals surface area contributed by atoms with Crippen LogP contribution >= 0.6 is 11.6 Å². The Balaban J connectivity index is 1.31. The Morgan fingerprint density at radius 3 is 2.72 bits per heavy atom. The summed E-state index contributed by atoms with van der Waals surface area (Å²) in [5.41, 5.74) is 0.412. The van der Waals surface area contributed by atoms with Crippen molar-refractivity contribution in [3.8, 4) is 12.1 Å². The van der Waals surface area contributed by atoms with Crippen LogP contribution in [0.1, 0.15) is 31.2 Å². The molecule has 0 N–H and O–H groups in total. The molecule has 3 fully saturated rings. The molecule has 258 valence electrons. The number of carbonyl (C=O) groups excluding carboxylic acids is 1. The number of benzene rings is 2. The number of carbonyl (C=O) groups is 1. The van der Waals surface area contributed by atoms with E-state index in [4.69, 9.17) is 21.3 Å². The van der Waals surface area contributed by atoms with Gasteiger partial charge in [-0.1, -0.05) is 42.4 Å². The molecule has 2 aromatic carbocycles. The highest BCUT2D eigenvalue weighted by Crippen LogP contribution is 2.45. The van der Waals surface area contributed by atoms with E-state index in [-0.39, 0.29) is 54.7 Å². The predicted octanol–water partition coefficient (Wildman–Crippen LogP) is 6.56. The van der Waals surface area contributed by atoms with Crippen molar-refractivity contribution in [3.05, 3.63) is 88.4 Å². The molecule has 3 saturated heterocycles. The highest BCUT2D eigenvalue weighted by atomic mass is 35.5. The first-order valence-electron chi connectivity index (χ1n) is 16.5. The Kier molecular flexibility index (Phi) is 8.96. The van der Waals surface area contributed by atoms with E-state index in [0.717, 1.165) is 19.4 Å². The molecular weight excluding hydrogens is 672 g/mol. The van der Waals surface area contributed by atoms with Crippen molar-refractivity contribution >= 4 is 39.8 Å². The molecule has 2 unspecified atom stereocenters. The van der Waals surface area contributed by atoms with Gasteiger partial charge in [-0.2, -0.15) is 10.5 Å². The lowest BCUT2D eigenvalue weighted by molar-refractivity contribution is -0.133. The molecule has 13 heteroatoms. The number of ether oxygens (including phenoxy) is 1. The van der Waals surface area contributed by atoms with Crippen molar-refractivity contribution in [1.82, 2.24) is 14.7 Å². The maximum Gasteiger partial charge on any atom is 0.282 e. The first-order valence-corrected chi connectivity index (χ1v) is 16.9. The summed E-state index contributed by atoms with van der Waals surface area (Å²) in [6, 6.07) is 10.7. The van der Waals surface area contributed by atoms with Crippen molar-refractivity contribution in [2.45, 2.75) is 49.5 Å². The molecule has 7 rings (SSSR count). The number of piperazine rings is 1. The predicted molar refractivity (Wildman–Crippen MR) is 180 cm³/mol. The molecular formula is C37H33ClF4N6O2. The number of nitriles is 2. The van der Waals surface area contributed by atoms with Crippen LogP contribution in [0.15, 0.2) is 77.0 Å². The summed E-state index contributed by atoms with van der Waals surface area (Å²) >= 11 is 6.42. The number of hydrogen-bond acceptors (Lipinski definition) is 7. The molecule has 50 heavy (non-hydrogen) atoms.